The highest BCUT2D eigenvalue weighted by molar-refractivity contribution is 6.06. The Morgan fingerprint density at radius 3 is 1.84 bits per heavy atom. The highest BCUT2D eigenvalue weighted by Crippen LogP contribution is 2.38. The Labute approximate surface area is 111 Å². The average molecular weight is 268 g/mol. The number of esters is 1. The summed E-state index contributed by atoms with van der Waals surface area (Å²) in [6.07, 6.45) is -0.338. The quantitative estimate of drug-likeness (QED) is 0.442. The highest BCUT2D eigenvalue weighted by atomic mass is 16.5. The molecule has 0 spiro atoms. The molecule has 6 heteroatoms. The van der Waals surface area contributed by atoms with Gasteiger partial charge in [0.05, 0.1) is 28.4 Å². The predicted molar refractivity (Wildman–Crippen MR) is 67.1 cm³/mol. The van der Waals surface area contributed by atoms with Crippen molar-refractivity contribution in [2.75, 3.05) is 28.4 Å². The van der Waals surface area contributed by atoms with Crippen molar-refractivity contribution in [3.63, 3.8) is 0 Å². The molecule has 0 atom stereocenters. The Hall–Kier alpha value is -2.24. The van der Waals surface area contributed by atoms with Crippen LogP contribution in [0.3, 0.4) is 0 Å². The number of benzene rings is 1. The summed E-state index contributed by atoms with van der Waals surface area (Å²) in [4.78, 5) is 23.0. The first-order valence-corrected chi connectivity index (χ1v) is 5.47. The summed E-state index contributed by atoms with van der Waals surface area (Å²) in [6, 6.07) is 2.99. The smallest absolute Gasteiger partial charge is 0.313 e. The maximum absolute atomic E-state index is 11.9. The number of ketones is 1. The Morgan fingerprint density at radius 2 is 1.47 bits per heavy atom. The fraction of sp³-hybridized carbons (Fsp3) is 0.385. The Kier molecular flexibility index (Phi) is 5.17. The van der Waals surface area contributed by atoms with Crippen molar-refractivity contribution < 1.29 is 28.5 Å². The van der Waals surface area contributed by atoms with Gasteiger partial charge >= 0.3 is 5.97 Å². The number of carbonyl (C=O) groups excluding carboxylic acids is 2. The van der Waals surface area contributed by atoms with Crippen LogP contribution in [-0.4, -0.2) is 40.2 Å². The molecule has 0 amide bonds. The first-order chi connectivity index (χ1) is 9.07. The van der Waals surface area contributed by atoms with E-state index in [0.29, 0.717) is 22.8 Å². The van der Waals surface area contributed by atoms with E-state index in [1.165, 1.54) is 40.6 Å². The van der Waals surface area contributed by atoms with Gasteiger partial charge in [0, 0.05) is 5.56 Å². The zero-order valence-corrected chi connectivity index (χ0v) is 11.3. The van der Waals surface area contributed by atoms with Gasteiger partial charge in [-0.15, -0.1) is 0 Å². The van der Waals surface area contributed by atoms with Crippen LogP contribution in [0, 0.1) is 0 Å². The lowest BCUT2D eigenvalue weighted by atomic mass is 10.1. The van der Waals surface area contributed by atoms with Crippen LogP contribution in [0.1, 0.15) is 16.8 Å². The summed E-state index contributed by atoms with van der Waals surface area (Å²) in [5, 5.41) is 0. The van der Waals surface area contributed by atoms with Crippen LogP contribution in [0.5, 0.6) is 17.2 Å². The maximum Gasteiger partial charge on any atom is 0.313 e. The van der Waals surface area contributed by atoms with Gasteiger partial charge in [-0.25, -0.2) is 0 Å². The minimum absolute atomic E-state index is 0.292. The number of ether oxygens (including phenoxy) is 4. The summed E-state index contributed by atoms with van der Waals surface area (Å²) in [5.41, 5.74) is 0.292. The van der Waals surface area contributed by atoms with Gasteiger partial charge in [-0.2, -0.15) is 0 Å². The van der Waals surface area contributed by atoms with E-state index < -0.39 is 5.97 Å². The number of hydrogen-bond acceptors (Lipinski definition) is 6. The average Bonchev–Trinajstić information content (AvgIpc) is 2.44. The molecule has 0 radical (unpaired) electrons. The Balaban J connectivity index is 3.15. The second kappa shape index (κ2) is 6.63. The summed E-state index contributed by atoms with van der Waals surface area (Å²) in [7, 11) is 5.60. The lowest BCUT2D eigenvalue weighted by Gasteiger charge is -2.13. The van der Waals surface area contributed by atoms with Gasteiger partial charge < -0.3 is 18.9 Å². The first kappa shape index (κ1) is 14.8. The van der Waals surface area contributed by atoms with Gasteiger partial charge in [0.15, 0.2) is 17.3 Å². The third kappa shape index (κ3) is 3.37. The molecule has 0 heterocycles. The molecule has 1 rings (SSSR count). The standard InChI is InChI=1S/C13H16O6/c1-16-10-5-8(9(14)7-12(15)18-3)6-11(17-2)13(10)19-4/h5-6H,7H2,1-4H3. The van der Waals surface area contributed by atoms with E-state index in [1.54, 1.807) is 0 Å². The van der Waals surface area contributed by atoms with Crippen LogP contribution in [0.15, 0.2) is 12.1 Å². The van der Waals surface area contributed by atoms with E-state index in [-0.39, 0.29) is 12.2 Å². The monoisotopic (exact) mass is 268 g/mol. The number of carbonyl (C=O) groups is 2. The minimum atomic E-state index is -0.598. The molecule has 0 saturated carbocycles. The lowest BCUT2D eigenvalue weighted by Crippen LogP contribution is -2.10. The van der Waals surface area contributed by atoms with Crippen LogP contribution in [0.25, 0.3) is 0 Å². The molecule has 0 saturated heterocycles. The topological polar surface area (TPSA) is 71.1 Å². The van der Waals surface area contributed by atoms with Gasteiger partial charge in [0.2, 0.25) is 5.75 Å². The minimum Gasteiger partial charge on any atom is -0.493 e. The van der Waals surface area contributed by atoms with Crippen LogP contribution < -0.4 is 14.2 Å². The van der Waals surface area contributed by atoms with Crippen LogP contribution >= 0.6 is 0 Å². The van der Waals surface area contributed by atoms with Crippen molar-refractivity contribution in [2.24, 2.45) is 0 Å². The molecule has 1 aromatic carbocycles. The van der Waals surface area contributed by atoms with Crippen molar-refractivity contribution in [1.29, 1.82) is 0 Å². The van der Waals surface area contributed by atoms with E-state index in [9.17, 15) is 9.59 Å². The number of methoxy groups -OCH3 is 4. The third-order valence-electron chi connectivity index (χ3n) is 2.52. The molecule has 0 aliphatic carbocycles. The first-order valence-electron chi connectivity index (χ1n) is 5.47. The van der Waals surface area contributed by atoms with Gasteiger partial charge in [-0.05, 0) is 12.1 Å². The van der Waals surface area contributed by atoms with Crippen molar-refractivity contribution in [3.05, 3.63) is 17.7 Å². The predicted octanol–water partition coefficient (Wildman–Crippen LogP) is 1.46. The summed E-state index contributed by atoms with van der Waals surface area (Å²) < 4.78 is 19.9. The molecule has 0 fully saturated rings. The molecule has 0 unspecified atom stereocenters. The number of hydrogen-bond donors (Lipinski definition) is 0. The molecule has 0 aliphatic rings. The van der Waals surface area contributed by atoms with E-state index >= 15 is 0 Å². The summed E-state index contributed by atoms with van der Waals surface area (Å²) in [6.45, 7) is 0. The second-order valence-electron chi connectivity index (χ2n) is 3.59. The van der Waals surface area contributed by atoms with Gasteiger partial charge in [0.25, 0.3) is 0 Å². The molecule has 19 heavy (non-hydrogen) atoms. The molecule has 0 N–H and O–H groups in total. The molecule has 104 valence electrons. The molecule has 6 nitrogen and oxygen atoms in total. The summed E-state index contributed by atoms with van der Waals surface area (Å²) in [5.74, 6) is 0.120. The second-order valence-corrected chi connectivity index (χ2v) is 3.59. The Bertz CT molecular complexity index is 455. The summed E-state index contributed by atoms with van der Waals surface area (Å²) >= 11 is 0. The lowest BCUT2D eigenvalue weighted by molar-refractivity contribution is -0.139. The van der Waals surface area contributed by atoms with Crippen LogP contribution in [0.4, 0.5) is 0 Å². The molecular weight excluding hydrogens is 252 g/mol. The molecule has 1 aromatic rings. The molecule has 0 bridgehead atoms. The van der Waals surface area contributed by atoms with E-state index in [1.807, 2.05) is 0 Å². The van der Waals surface area contributed by atoms with Gasteiger partial charge in [-0.1, -0.05) is 0 Å². The largest absolute Gasteiger partial charge is 0.493 e. The van der Waals surface area contributed by atoms with Crippen LogP contribution in [-0.2, 0) is 9.53 Å². The van der Waals surface area contributed by atoms with Gasteiger partial charge in [0.1, 0.15) is 6.42 Å². The highest BCUT2D eigenvalue weighted by Gasteiger charge is 2.18. The van der Waals surface area contributed by atoms with Crippen LogP contribution in [0.2, 0.25) is 0 Å². The van der Waals surface area contributed by atoms with E-state index in [4.69, 9.17) is 14.2 Å². The third-order valence-corrected chi connectivity index (χ3v) is 2.52. The number of Topliss-reactive ketones (excluding diaryl/α,β-unsaturated/α-hetero) is 1. The van der Waals surface area contributed by atoms with Crippen molar-refractivity contribution in [2.45, 2.75) is 6.42 Å². The van der Waals surface area contributed by atoms with Crippen molar-refractivity contribution >= 4 is 11.8 Å². The fourth-order valence-electron chi connectivity index (χ4n) is 1.55. The molecule has 0 aromatic heterocycles. The zero-order chi connectivity index (χ0) is 14.4. The maximum atomic E-state index is 11.9. The number of rotatable bonds is 6. The molecular formula is C13H16O6. The molecule has 0 aliphatic heterocycles. The Morgan fingerprint density at radius 1 is 0.947 bits per heavy atom. The van der Waals surface area contributed by atoms with Crippen molar-refractivity contribution in [3.8, 4) is 17.2 Å². The SMILES string of the molecule is COC(=O)CC(=O)c1cc(OC)c(OC)c(OC)c1. The zero-order valence-electron chi connectivity index (χ0n) is 11.3. The normalized spacial score (nSPS) is 9.68. The van der Waals surface area contributed by atoms with E-state index in [2.05, 4.69) is 4.74 Å². The van der Waals surface area contributed by atoms with E-state index in [0.717, 1.165) is 0 Å². The van der Waals surface area contributed by atoms with Crippen molar-refractivity contribution in [1.82, 2.24) is 0 Å². The van der Waals surface area contributed by atoms with Gasteiger partial charge in [-0.3, -0.25) is 9.59 Å². The fourth-order valence-corrected chi connectivity index (χ4v) is 1.55.